The van der Waals surface area contributed by atoms with E-state index in [4.69, 9.17) is 14.3 Å². The summed E-state index contributed by atoms with van der Waals surface area (Å²) in [6.07, 6.45) is 4.37. The normalized spacial score (nSPS) is 15.2. The zero-order chi connectivity index (χ0) is 20.1. The number of hydrogen-bond donors (Lipinski definition) is 1. The Morgan fingerprint density at radius 3 is 2.48 bits per heavy atom. The van der Waals surface area contributed by atoms with Crippen LogP contribution < -0.4 is 15.0 Å². The zero-order valence-electron chi connectivity index (χ0n) is 15.6. The molecule has 0 bridgehead atoms. The number of nitrogens with one attached hydrogen (secondary N) is 1. The van der Waals surface area contributed by atoms with E-state index >= 15 is 0 Å². The van der Waals surface area contributed by atoms with E-state index < -0.39 is 5.97 Å². The SMILES string of the molecule is COC(=O)c1cncc(OC2=CC(c3ccc(Oc4ccccc4)cc3)ON2)c1. The number of aromatic nitrogens is 1. The van der Waals surface area contributed by atoms with E-state index in [1.54, 1.807) is 12.1 Å². The van der Waals surface area contributed by atoms with Crippen LogP contribution in [0, 0.1) is 0 Å². The molecule has 1 aliphatic heterocycles. The van der Waals surface area contributed by atoms with Gasteiger partial charge in [-0.05, 0) is 35.9 Å². The van der Waals surface area contributed by atoms with Gasteiger partial charge in [-0.1, -0.05) is 30.3 Å². The molecule has 0 saturated heterocycles. The lowest BCUT2D eigenvalue weighted by Crippen LogP contribution is -2.12. The number of carbonyl (C=O) groups is 1. The van der Waals surface area contributed by atoms with Gasteiger partial charge in [-0.15, -0.1) is 0 Å². The first-order chi connectivity index (χ1) is 14.2. The van der Waals surface area contributed by atoms with E-state index in [-0.39, 0.29) is 6.10 Å². The molecule has 1 N–H and O–H groups in total. The van der Waals surface area contributed by atoms with Gasteiger partial charge in [0.1, 0.15) is 23.4 Å². The summed E-state index contributed by atoms with van der Waals surface area (Å²) in [6.45, 7) is 0. The van der Waals surface area contributed by atoms with Crippen LogP contribution in [-0.2, 0) is 9.57 Å². The van der Waals surface area contributed by atoms with E-state index in [9.17, 15) is 4.79 Å². The third-order valence-corrected chi connectivity index (χ3v) is 4.14. The molecule has 2 aromatic carbocycles. The van der Waals surface area contributed by atoms with Crippen molar-refractivity contribution in [2.75, 3.05) is 7.11 Å². The first-order valence-electron chi connectivity index (χ1n) is 8.89. The topological polar surface area (TPSA) is 78.9 Å². The fourth-order valence-electron chi connectivity index (χ4n) is 2.73. The van der Waals surface area contributed by atoms with Gasteiger partial charge in [0.2, 0.25) is 5.88 Å². The lowest BCUT2D eigenvalue weighted by Gasteiger charge is -2.09. The summed E-state index contributed by atoms with van der Waals surface area (Å²) in [4.78, 5) is 21.1. The minimum absolute atomic E-state index is 0.301. The number of carbonyl (C=O) groups excluding carboxylic acids is 1. The quantitative estimate of drug-likeness (QED) is 0.633. The van der Waals surface area contributed by atoms with E-state index in [2.05, 4.69) is 15.2 Å². The molecule has 1 aromatic heterocycles. The maximum atomic E-state index is 11.6. The van der Waals surface area contributed by atoms with Crippen LogP contribution in [0.15, 0.2) is 85.0 Å². The second-order valence-electron chi connectivity index (χ2n) is 6.16. The zero-order valence-corrected chi connectivity index (χ0v) is 15.6. The van der Waals surface area contributed by atoms with Crippen molar-refractivity contribution in [3.8, 4) is 17.2 Å². The Morgan fingerprint density at radius 2 is 1.72 bits per heavy atom. The molecule has 4 rings (SSSR count). The number of para-hydroxylation sites is 1. The Hall–Kier alpha value is -3.84. The minimum Gasteiger partial charge on any atom is -0.465 e. The molecule has 0 radical (unpaired) electrons. The van der Waals surface area contributed by atoms with Gasteiger partial charge in [0, 0.05) is 12.3 Å². The first-order valence-corrected chi connectivity index (χ1v) is 8.89. The van der Waals surface area contributed by atoms with Gasteiger partial charge in [-0.2, -0.15) is 0 Å². The summed E-state index contributed by atoms with van der Waals surface area (Å²) in [5.74, 6) is 1.82. The van der Waals surface area contributed by atoms with Crippen molar-refractivity contribution in [2.45, 2.75) is 6.10 Å². The standard InChI is InChI=1S/C22H18N2O5/c1-26-22(25)16-11-19(14-23-13-16)28-21-12-20(29-24-21)15-7-9-18(10-8-15)27-17-5-3-2-4-6-17/h2-14,20,24H,1H3. The Balaban J connectivity index is 1.41. The van der Waals surface area contributed by atoms with Crippen molar-refractivity contribution >= 4 is 5.97 Å². The van der Waals surface area contributed by atoms with Crippen LogP contribution in [-0.4, -0.2) is 18.1 Å². The number of benzene rings is 2. The number of hydrogen-bond acceptors (Lipinski definition) is 7. The first kappa shape index (κ1) is 18.5. The van der Waals surface area contributed by atoms with Crippen molar-refractivity contribution in [1.29, 1.82) is 0 Å². The molecular formula is C22H18N2O5. The minimum atomic E-state index is -0.483. The van der Waals surface area contributed by atoms with Crippen LogP contribution in [0.5, 0.6) is 17.2 Å². The Kier molecular flexibility index (Phi) is 5.40. The van der Waals surface area contributed by atoms with Crippen molar-refractivity contribution in [3.05, 3.63) is 96.1 Å². The Morgan fingerprint density at radius 1 is 0.966 bits per heavy atom. The number of rotatable bonds is 6. The largest absolute Gasteiger partial charge is 0.465 e. The van der Waals surface area contributed by atoms with Crippen LogP contribution in [0.25, 0.3) is 0 Å². The molecule has 1 aliphatic rings. The van der Waals surface area contributed by atoms with Gasteiger partial charge < -0.3 is 14.2 Å². The van der Waals surface area contributed by atoms with Crippen molar-refractivity contribution in [1.82, 2.24) is 10.5 Å². The van der Waals surface area contributed by atoms with Gasteiger partial charge in [-0.25, -0.2) is 10.3 Å². The van der Waals surface area contributed by atoms with Crippen molar-refractivity contribution in [3.63, 3.8) is 0 Å². The molecular weight excluding hydrogens is 372 g/mol. The van der Waals surface area contributed by atoms with E-state index in [1.165, 1.54) is 19.5 Å². The number of hydroxylamine groups is 1. The maximum absolute atomic E-state index is 11.6. The van der Waals surface area contributed by atoms with Gasteiger partial charge >= 0.3 is 5.97 Å². The molecule has 1 atom stereocenters. The Bertz CT molecular complexity index is 1020. The average molecular weight is 390 g/mol. The summed E-state index contributed by atoms with van der Waals surface area (Å²) in [7, 11) is 1.31. The molecule has 0 saturated carbocycles. The van der Waals surface area contributed by atoms with Gasteiger partial charge in [0.05, 0.1) is 18.9 Å². The van der Waals surface area contributed by atoms with Gasteiger partial charge in [-0.3, -0.25) is 9.82 Å². The average Bonchev–Trinajstić information content (AvgIpc) is 3.23. The van der Waals surface area contributed by atoms with Crippen LogP contribution in [0.3, 0.4) is 0 Å². The smallest absolute Gasteiger partial charge is 0.339 e. The van der Waals surface area contributed by atoms with Crippen LogP contribution in [0.1, 0.15) is 22.0 Å². The van der Waals surface area contributed by atoms with Gasteiger partial charge in [0.25, 0.3) is 0 Å². The molecule has 0 amide bonds. The predicted octanol–water partition coefficient (Wildman–Crippen LogP) is 4.16. The summed E-state index contributed by atoms with van der Waals surface area (Å²) < 4.78 is 16.2. The summed E-state index contributed by atoms with van der Waals surface area (Å²) in [5.41, 5.74) is 3.96. The van der Waals surface area contributed by atoms with Crippen LogP contribution in [0.4, 0.5) is 0 Å². The number of ether oxygens (including phenoxy) is 3. The predicted molar refractivity (Wildman–Crippen MR) is 104 cm³/mol. The molecule has 2 heterocycles. The summed E-state index contributed by atoms with van der Waals surface area (Å²) >= 11 is 0. The highest BCUT2D eigenvalue weighted by Crippen LogP contribution is 2.28. The molecule has 7 nitrogen and oxygen atoms in total. The Labute approximate surface area is 167 Å². The van der Waals surface area contributed by atoms with Gasteiger partial charge in [0.15, 0.2) is 0 Å². The molecule has 0 aliphatic carbocycles. The molecule has 29 heavy (non-hydrogen) atoms. The van der Waals surface area contributed by atoms with Crippen LogP contribution >= 0.6 is 0 Å². The fourth-order valence-corrected chi connectivity index (χ4v) is 2.73. The van der Waals surface area contributed by atoms with E-state index in [1.807, 2.05) is 54.6 Å². The third-order valence-electron chi connectivity index (χ3n) is 4.14. The molecule has 3 aromatic rings. The van der Waals surface area contributed by atoms with Crippen LogP contribution in [0.2, 0.25) is 0 Å². The monoisotopic (exact) mass is 390 g/mol. The highest BCUT2D eigenvalue weighted by Gasteiger charge is 2.20. The molecule has 7 heteroatoms. The highest BCUT2D eigenvalue weighted by molar-refractivity contribution is 5.89. The van der Waals surface area contributed by atoms with Crippen molar-refractivity contribution < 1.29 is 23.8 Å². The molecule has 146 valence electrons. The third kappa shape index (κ3) is 4.53. The molecule has 1 unspecified atom stereocenters. The number of pyridine rings is 1. The fraction of sp³-hybridized carbons (Fsp3) is 0.0909. The summed E-state index contributed by atoms with van der Waals surface area (Å²) in [6, 6.07) is 18.7. The second kappa shape index (κ2) is 8.45. The highest BCUT2D eigenvalue weighted by atomic mass is 16.7. The summed E-state index contributed by atoms with van der Waals surface area (Å²) in [5, 5.41) is 0. The van der Waals surface area contributed by atoms with E-state index in [0.717, 1.165) is 17.1 Å². The lowest BCUT2D eigenvalue weighted by atomic mass is 10.1. The second-order valence-corrected chi connectivity index (χ2v) is 6.16. The number of esters is 1. The molecule has 0 fully saturated rings. The van der Waals surface area contributed by atoms with E-state index in [0.29, 0.717) is 17.2 Å². The number of methoxy groups -OCH3 is 1. The maximum Gasteiger partial charge on any atom is 0.339 e. The number of nitrogens with zero attached hydrogens (tertiary/aromatic N) is 1. The molecule has 0 spiro atoms. The lowest BCUT2D eigenvalue weighted by molar-refractivity contribution is 0.0273. The van der Waals surface area contributed by atoms with Crippen molar-refractivity contribution in [2.24, 2.45) is 0 Å².